The van der Waals surface area contributed by atoms with Gasteiger partial charge in [0, 0.05) is 38.8 Å². The lowest BCUT2D eigenvalue weighted by Gasteiger charge is -2.35. The number of amides is 1. The van der Waals surface area contributed by atoms with Crippen molar-refractivity contribution in [1.82, 2.24) is 9.88 Å². The van der Waals surface area contributed by atoms with Crippen LogP contribution in [-0.4, -0.2) is 48.5 Å². The Bertz CT molecular complexity index is 443. The Balaban J connectivity index is 1.79. The van der Waals surface area contributed by atoms with Gasteiger partial charge in [0.25, 0.3) is 0 Å². The zero-order valence-corrected chi connectivity index (χ0v) is 13.6. The summed E-state index contributed by atoms with van der Waals surface area (Å²) in [4.78, 5) is 20.9. The quantitative estimate of drug-likeness (QED) is 0.835. The maximum atomic E-state index is 12.1. The number of anilines is 1. The third-order valence-electron chi connectivity index (χ3n) is 4.40. The minimum absolute atomic E-state index is 0.250. The molecule has 0 aromatic carbocycles. The molecule has 0 bridgehead atoms. The molecular weight excluding hydrogens is 276 g/mol. The molecule has 2 heterocycles. The second-order valence-corrected chi connectivity index (χ2v) is 5.94. The van der Waals surface area contributed by atoms with Gasteiger partial charge in [-0.05, 0) is 50.8 Å². The average molecular weight is 304 g/mol. The van der Waals surface area contributed by atoms with E-state index in [1.54, 1.807) is 0 Å². The molecule has 22 heavy (non-hydrogen) atoms. The van der Waals surface area contributed by atoms with Crippen molar-refractivity contribution in [2.75, 3.05) is 37.6 Å². The van der Waals surface area contributed by atoms with Crippen LogP contribution in [0.25, 0.3) is 0 Å². The summed E-state index contributed by atoms with van der Waals surface area (Å²) in [6.45, 7) is 6.38. The molecule has 1 aromatic rings. The second kappa shape index (κ2) is 8.73. The first-order valence-electron chi connectivity index (χ1n) is 8.38. The number of pyridine rings is 1. The summed E-state index contributed by atoms with van der Waals surface area (Å²) in [5.41, 5.74) is 5.49. The second-order valence-electron chi connectivity index (χ2n) is 5.94. The van der Waals surface area contributed by atoms with Crippen LogP contribution in [0.15, 0.2) is 24.4 Å². The highest BCUT2D eigenvalue weighted by Crippen LogP contribution is 2.22. The van der Waals surface area contributed by atoms with Gasteiger partial charge >= 0.3 is 0 Å². The summed E-state index contributed by atoms with van der Waals surface area (Å²) in [6.07, 6.45) is 5.45. The predicted octanol–water partition coefficient (Wildman–Crippen LogP) is 1.89. The van der Waals surface area contributed by atoms with Crippen LogP contribution in [-0.2, 0) is 4.79 Å². The number of piperidine rings is 1. The first kappa shape index (κ1) is 16.7. The molecule has 0 atom stereocenters. The maximum Gasteiger partial charge on any atom is 0.222 e. The lowest BCUT2D eigenvalue weighted by molar-refractivity contribution is -0.131. The molecule has 0 spiro atoms. The predicted molar refractivity (Wildman–Crippen MR) is 89.7 cm³/mol. The Morgan fingerprint density at radius 1 is 1.41 bits per heavy atom. The van der Waals surface area contributed by atoms with E-state index in [-0.39, 0.29) is 5.91 Å². The summed E-state index contributed by atoms with van der Waals surface area (Å²) in [5, 5.41) is 0. The van der Waals surface area contributed by atoms with Crippen molar-refractivity contribution in [3.05, 3.63) is 24.4 Å². The van der Waals surface area contributed by atoms with Gasteiger partial charge in [-0.15, -0.1) is 0 Å². The van der Waals surface area contributed by atoms with Crippen molar-refractivity contribution in [1.29, 1.82) is 0 Å². The molecule has 0 unspecified atom stereocenters. The van der Waals surface area contributed by atoms with Crippen LogP contribution in [0.3, 0.4) is 0 Å². The van der Waals surface area contributed by atoms with Gasteiger partial charge in [0.05, 0.1) is 0 Å². The van der Waals surface area contributed by atoms with E-state index < -0.39 is 0 Å². The summed E-state index contributed by atoms with van der Waals surface area (Å²) in [7, 11) is 0. The van der Waals surface area contributed by atoms with E-state index in [0.29, 0.717) is 18.9 Å². The first-order chi connectivity index (χ1) is 10.7. The molecule has 0 aliphatic carbocycles. The number of carbonyl (C=O) groups excluding carboxylic acids is 1. The van der Waals surface area contributed by atoms with Gasteiger partial charge < -0.3 is 15.5 Å². The Labute approximate surface area is 133 Å². The molecule has 0 saturated carbocycles. The van der Waals surface area contributed by atoms with Gasteiger partial charge in [0.15, 0.2) is 0 Å². The molecule has 1 aliphatic heterocycles. The largest absolute Gasteiger partial charge is 0.357 e. The molecule has 1 fully saturated rings. The smallest absolute Gasteiger partial charge is 0.222 e. The van der Waals surface area contributed by atoms with Crippen molar-refractivity contribution in [3.63, 3.8) is 0 Å². The number of aromatic nitrogens is 1. The normalized spacial score (nSPS) is 15.8. The molecule has 5 nitrogen and oxygen atoms in total. The van der Waals surface area contributed by atoms with Crippen LogP contribution in [0.1, 0.15) is 32.6 Å². The van der Waals surface area contributed by atoms with Gasteiger partial charge in [-0.1, -0.05) is 6.07 Å². The molecule has 1 aromatic heterocycles. The van der Waals surface area contributed by atoms with Crippen LogP contribution in [0.2, 0.25) is 0 Å². The molecule has 1 saturated heterocycles. The molecular formula is C17H28N4O. The summed E-state index contributed by atoms with van der Waals surface area (Å²) in [5.74, 6) is 1.91. The van der Waals surface area contributed by atoms with E-state index in [2.05, 4.69) is 22.9 Å². The number of hydrogen-bond acceptors (Lipinski definition) is 4. The monoisotopic (exact) mass is 304 g/mol. The molecule has 1 aliphatic rings. The summed E-state index contributed by atoms with van der Waals surface area (Å²) < 4.78 is 0. The van der Waals surface area contributed by atoms with Gasteiger partial charge in [-0.25, -0.2) is 4.98 Å². The van der Waals surface area contributed by atoms with E-state index in [9.17, 15) is 4.79 Å². The Morgan fingerprint density at radius 3 is 2.77 bits per heavy atom. The van der Waals surface area contributed by atoms with Crippen LogP contribution in [0.4, 0.5) is 5.82 Å². The Hall–Kier alpha value is -1.62. The Kier molecular flexibility index (Phi) is 6.65. The lowest BCUT2D eigenvalue weighted by atomic mass is 9.96. The highest BCUT2D eigenvalue weighted by atomic mass is 16.2. The van der Waals surface area contributed by atoms with Crippen molar-refractivity contribution in [3.8, 4) is 0 Å². The highest BCUT2D eigenvalue weighted by molar-refractivity contribution is 5.76. The molecule has 2 N–H and O–H groups in total. The van der Waals surface area contributed by atoms with Crippen molar-refractivity contribution in [2.45, 2.75) is 32.6 Å². The molecule has 1 amide bonds. The first-order valence-corrected chi connectivity index (χ1v) is 8.38. The van der Waals surface area contributed by atoms with E-state index in [0.717, 1.165) is 51.3 Å². The summed E-state index contributed by atoms with van der Waals surface area (Å²) in [6, 6.07) is 6.04. The summed E-state index contributed by atoms with van der Waals surface area (Å²) >= 11 is 0. The van der Waals surface area contributed by atoms with Crippen molar-refractivity contribution in [2.24, 2.45) is 11.7 Å². The number of hydrogen-bond donors (Lipinski definition) is 1. The third-order valence-corrected chi connectivity index (χ3v) is 4.40. The topological polar surface area (TPSA) is 62.5 Å². The van der Waals surface area contributed by atoms with Gasteiger partial charge in [0.1, 0.15) is 5.82 Å². The van der Waals surface area contributed by atoms with Gasteiger partial charge in [-0.2, -0.15) is 0 Å². The van der Waals surface area contributed by atoms with Crippen LogP contribution in [0.5, 0.6) is 0 Å². The van der Waals surface area contributed by atoms with E-state index in [1.807, 2.05) is 23.2 Å². The molecule has 122 valence electrons. The number of carbonyl (C=O) groups is 1. The van der Waals surface area contributed by atoms with Crippen molar-refractivity contribution >= 4 is 11.7 Å². The van der Waals surface area contributed by atoms with Crippen LogP contribution >= 0.6 is 0 Å². The van der Waals surface area contributed by atoms with Crippen LogP contribution in [0, 0.1) is 5.92 Å². The van der Waals surface area contributed by atoms with E-state index in [1.165, 1.54) is 0 Å². The fourth-order valence-electron chi connectivity index (χ4n) is 3.02. The SMILES string of the molecule is CCN(CC1CCN(c2ccccn2)CC1)C(=O)CCCN. The minimum Gasteiger partial charge on any atom is -0.357 e. The van der Waals surface area contributed by atoms with Gasteiger partial charge in [-0.3, -0.25) is 4.79 Å². The Morgan fingerprint density at radius 2 is 2.18 bits per heavy atom. The molecule has 5 heteroatoms. The number of nitrogens with zero attached hydrogens (tertiary/aromatic N) is 3. The third kappa shape index (κ3) is 4.70. The lowest BCUT2D eigenvalue weighted by Crippen LogP contribution is -2.41. The highest BCUT2D eigenvalue weighted by Gasteiger charge is 2.23. The zero-order valence-electron chi connectivity index (χ0n) is 13.6. The minimum atomic E-state index is 0.250. The maximum absolute atomic E-state index is 12.1. The van der Waals surface area contributed by atoms with Crippen LogP contribution < -0.4 is 10.6 Å². The fourth-order valence-corrected chi connectivity index (χ4v) is 3.02. The average Bonchev–Trinajstić information content (AvgIpc) is 2.59. The van der Waals surface area contributed by atoms with Crippen molar-refractivity contribution < 1.29 is 4.79 Å². The molecule has 2 rings (SSSR count). The zero-order chi connectivity index (χ0) is 15.8. The standard InChI is InChI=1S/C17H28N4O/c1-2-20(17(22)7-5-10-18)14-15-8-12-21(13-9-15)16-6-3-4-11-19-16/h3-4,6,11,15H,2,5,7-10,12-14,18H2,1H3. The molecule has 0 radical (unpaired) electrons. The fraction of sp³-hybridized carbons (Fsp3) is 0.647. The van der Waals surface area contributed by atoms with E-state index in [4.69, 9.17) is 5.73 Å². The number of rotatable bonds is 7. The number of nitrogens with two attached hydrogens (primary N) is 1. The van der Waals surface area contributed by atoms with E-state index >= 15 is 0 Å². The van der Waals surface area contributed by atoms with Gasteiger partial charge in [0.2, 0.25) is 5.91 Å².